The van der Waals surface area contributed by atoms with Gasteiger partial charge in [0.25, 0.3) is 0 Å². The average molecular weight is 463 g/mol. The van der Waals surface area contributed by atoms with Gasteiger partial charge in [0.15, 0.2) is 0 Å². The molecule has 0 aliphatic carbocycles. The zero-order valence-corrected chi connectivity index (χ0v) is 19.2. The van der Waals surface area contributed by atoms with Crippen molar-refractivity contribution < 1.29 is 9.13 Å². The van der Waals surface area contributed by atoms with Crippen molar-refractivity contribution >= 4 is 43.9 Å². The Bertz CT molecular complexity index is 1690. The maximum Gasteiger partial charge on any atom is 0.132 e. The minimum Gasteiger partial charge on any atom is -0.496 e. The number of methoxy groups -OCH3 is 1. The molecule has 0 saturated carbocycles. The van der Waals surface area contributed by atoms with Crippen LogP contribution in [0.4, 0.5) is 4.39 Å². The number of fused-ring (bicyclic) bond motifs is 6. The van der Waals surface area contributed by atoms with E-state index in [9.17, 15) is 4.39 Å². The molecule has 3 heteroatoms. The van der Waals surface area contributed by atoms with E-state index < -0.39 is 0 Å². The minimum atomic E-state index is -0.373. The van der Waals surface area contributed by atoms with Crippen molar-refractivity contribution in [3.05, 3.63) is 114 Å². The Morgan fingerprint density at radius 1 is 0.559 bits per heavy atom. The second-order valence-electron chi connectivity index (χ2n) is 8.39. The Labute approximate surface area is 202 Å². The van der Waals surface area contributed by atoms with Crippen molar-refractivity contribution in [1.82, 2.24) is 0 Å². The molecule has 0 heterocycles. The van der Waals surface area contributed by atoms with Gasteiger partial charge in [-0.3, -0.25) is 0 Å². The number of benzene rings is 6. The van der Waals surface area contributed by atoms with E-state index in [-0.39, 0.29) is 5.82 Å². The largest absolute Gasteiger partial charge is 0.496 e. The lowest BCUT2D eigenvalue weighted by Gasteiger charge is -2.14. The van der Waals surface area contributed by atoms with E-state index in [4.69, 9.17) is 16.3 Å². The van der Waals surface area contributed by atoms with Crippen LogP contribution >= 0.6 is 11.6 Å². The third-order valence-electron chi connectivity index (χ3n) is 6.50. The first-order valence-electron chi connectivity index (χ1n) is 11.1. The van der Waals surface area contributed by atoms with Crippen molar-refractivity contribution in [3.8, 4) is 28.0 Å². The van der Waals surface area contributed by atoms with Gasteiger partial charge in [0.05, 0.1) is 7.11 Å². The SMILES string of the molecule is COc1cc(-c2ccc3c4ccccc4c4ccccc4c3c2)ccc1-c1ccc(Cl)cc1F. The fraction of sp³-hybridized carbons (Fsp3) is 0.0323. The zero-order chi connectivity index (χ0) is 23.2. The molecule has 0 aliphatic heterocycles. The van der Waals surface area contributed by atoms with Gasteiger partial charge >= 0.3 is 0 Å². The van der Waals surface area contributed by atoms with Gasteiger partial charge in [0.1, 0.15) is 11.6 Å². The molecule has 34 heavy (non-hydrogen) atoms. The molecule has 0 N–H and O–H groups in total. The van der Waals surface area contributed by atoms with E-state index >= 15 is 0 Å². The number of ether oxygens (including phenoxy) is 1. The highest BCUT2D eigenvalue weighted by Gasteiger charge is 2.14. The smallest absolute Gasteiger partial charge is 0.132 e. The molecule has 0 aliphatic rings. The predicted octanol–water partition coefficient (Wildman–Crippen LogP) is 9.28. The summed E-state index contributed by atoms with van der Waals surface area (Å²) in [7, 11) is 1.61. The molecule has 0 atom stereocenters. The van der Waals surface area contributed by atoms with Crippen molar-refractivity contribution in [2.75, 3.05) is 7.11 Å². The lowest BCUT2D eigenvalue weighted by Crippen LogP contribution is -1.92. The first kappa shape index (κ1) is 20.7. The predicted molar refractivity (Wildman–Crippen MR) is 141 cm³/mol. The molecule has 0 radical (unpaired) electrons. The van der Waals surface area contributed by atoms with Crippen molar-refractivity contribution in [1.29, 1.82) is 0 Å². The van der Waals surface area contributed by atoms with E-state index in [0.29, 0.717) is 21.9 Å². The quantitative estimate of drug-likeness (QED) is 0.238. The third-order valence-corrected chi connectivity index (χ3v) is 6.74. The summed E-state index contributed by atoms with van der Waals surface area (Å²) in [5, 5.41) is 7.78. The third kappa shape index (κ3) is 3.30. The molecule has 0 spiro atoms. The van der Waals surface area contributed by atoms with Crippen LogP contribution in [-0.4, -0.2) is 7.11 Å². The maximum absolute atomic E-state index is 14.6. The minimum absolute atomic E-state index is 0.368. The molecule has 0 fully saturated rings. The van der Waals surface area contributed by atoms with Crippen molar-refractivity contribution in [2.24, 2.45) is 0 Å². The van der Waals surface area contributed by atoms with Crippen molar-refractivity contribution in [2.45, 2.75) is 0 Å². The van der Waals surface area contributed by atoms with E-state index in [1.807, 2.05) is 18.2 Å². The Morgan fingerprint density at radius 2 is 1.09 bits per heavy atom. The van der Waals surface area contributed by atoms with E-state index in [0.717, 1.165) is 11.1 Å². The molecule has 6 aromatic rings. The molecule has 164 valence electrons. The monoisotopic (exact) mass is 462 g/mol. The summed E-state index contributed by atoms with van der Waals surface area (Å²) >= 11 is 5.94. The molecule has 0 amide bonds. The van der Waals surface area contributed by atoms with Crippen LogP contribution in [0.3, 0.4) is 0 Å². The average Bonchev–Trinajstić information content (AvgIpc) is 2.88. The normalized spacial score (nSPS) is 11.4. The number of hydrogen-bond acceptors (Lipinski definition) is 1. The highest BCUT2D eigenvalue weighted by atomic mass is 35.5. The van der Waals surface area contributed by atoms with Gasteiger partial charge in [-0.25, -0.2) is 4.39 Å². The summed E-state index contributed by atoms with van der Waals surface area (Å²) in [5.41, 5.74) is 3.24. The zero-order valence-electron chi connectivity index (χ0n) is 18.5. The lowest BCUT2D eigenvalue weighted by molar-refractivity contribution is 0.416. The topological polar surface area (TPSA) is 9.23 Å². The number of hydrogen-bond donors (Lipinski definition) is 0. The Kier molecular flexibility index (Phi) is 4.97. The molecule has 1 nitrogen and oxygen atoms in total. The van der Waals surface area contributed by atoms with Crippen molar-refractivity contribution in [3.63, 3.8) is 0 Å². The van der Waals surface area contributed by atoms with Crippen LogP contribution in [0.2, 0.25) is 5.02 Å². The molecule has 0 saturated heterocycles. The first-order valence-corrected chi connectivity index (χ1v) is 11.5. The summed E-state index contributed by atoms with van der Waals surface area (Å²) in [6.45, 7) is 0. The van der Waals surface area contributed by atoms with Crippen LogP contribution in [0, 0.1) is 5.82 Å². The van der Waals surface area contributed by atoms with Gasteiger partial charge in [0, 0.05) is 16.1 Å². The fourth-order valence-corrected chi connectivity index (χ4v) is 5.05. The van der Waals surface area contributed by atoms with Gasteiger partial charge in [-0.15, -0.1) is 0 Å². The first-order chi connectivity index (χ1) is 16.6. The molecule has 0 bridgehead atoms. The lowest BCUT2D eigenvalue weighted by atomic mass is 9.91. The summed E-state index contributed by atoms with van der Waals surface area (Å²) in [4.78, 5) is 0. The molecular formula is C31H20ClFO. The maximum atomic E-state index is 14.6. The van der Waals surface area contributed by atoms with Crippen LogP contribution in [0.1, 0.15) is 0 Å². The van der Waals surface area contributed by atoms with Crippen LogP contribution < -0.4 is 4.74 Å². The number of halogens is 2. The van der Waals surface area contributed by atoms with Gasteiger partial charge in [0.2, 0.25) is 0 Å². The van der Waals surface area contributed by atoms with Gasteiger partial charge in [-0.2, -0.15) is 0 Å². The van der Waals surface area contributed by atoms with Crippen LogP contribution in [0.15, 0.2) is 103 Å². The van der Waals surface area contributed by atoms with Gasteiger partial charge in [-0.05, 0) is 79.8 Å². The molecule has 6 rings (SSSR count). The second kappa shape index (κ2) is 8.16. The van der Waals surface area contributed by atoms with Crippen LogP contribution in [-0.2, 0) is 0 Å². The van der Waals surface area contributed by atoms with E-state index in [2.05, 4.69) is 66.7 Å². The summed E-state index contributed by atoms with van der Waals surface area (Å²) < 4.78 is 20.2. The summed E-state index contributed by atoms with van der Waals surface area (Å²) in [6.07, 6.45) is 0. The van der Waals surface area contributed by atoms with Crippen LogP contribution in [0.5, 0.6) is 5.75 Å². The van der Waals surface area contributed by atoms with E-state index in [1.165, 1.54) is 38.4 Å². The Hall–Kier alpha value is -3.88. The highest BCUT2D eigenvalue weighted by molar-refractivity contribution is 6.30. The molecule has 0 unspecified atom stereocenters. The van der Waals surface area contributed by atoms with Gasteiger partial charge < -0.3 is 4.74 Å². The second-order valence-corrected chi connectivity index (χ2v) is 8.83. The highest BCUT2D eigenvalue weighted by Crippen LogP contribution is 2.39. The molecule has 6 aromatic carbocycles. The van der Waals surface area contributed by atoms with Gasteiger partial charge in [-0.1, -0.05) is 78.3 Å². The standard InChI is InChI=1S/C31H20ClFO/c1-34-31-17-20(11-14-28(31)27-15-12-21(32)18-30(27)33)19-10-13-26-24-8-3-2-6-22(24)23-7-4-5-9-25(23)29(26)16-19/h2-18H,1H3. The number of rotatable bonds is 3. The Morgan fingerprint density at radius 3 is 1.71 bits per heavy atom. The summed E-state index contributed by atoms with van der Waals surface area (Å²) in [6, 6.07) is 34.2. The Balaban J connectivity index is 1.56. The molecular weight excluding hydrogens is 443 g/mol. The van der Waals surface area contributed by atoms with Crippen LogP contribution in [0.25, 0.3) is 54.6 Å². The van der Waals surface area contributed by atoms with E-state index in [1.54, 1.807) is 19.2 Å². The fourth-order valence-electron chi connectivity index (χ4n) is 4.89. The molecule has 0 aromatic heterocycles. The summed E-state index contributed by atoms with van der Waals surface area (Å²) in [5.74, 6) is 0.241.